The predicted octanol–water partition coefficient (Wildman–Crippen LogP) is 9.13. The highest BCUT2D eigenvalue weighted by molar-refractivity contribution is 7.78. The second kappa shape index (κ2) is 19.4. The number of anilines is 1. The minimum atomic E-state index is -1.08. The Hall–Kier alpha value is -6.19. The van der Waals surface area contributed by atoms with Crippen LogP contribution in [-0.4, -0.2) is 44.8 Å². The van der Waals surface area contributed by atoms with Crippen molar-refractivity contribution in [1.29, 1.82) is 0 Å². The van der Waals surface area contributed by atoms with Crippen LogP contribution in [0, 0.1) is 0 Å². The van der Waals surface area contributed by atoms with Crippen molar-refractivity contribution < 1.29 is 19.5 Å². The summed E-state index contributed by atoms with van der Waals surface area (Å²) in [5, 5.41) is 16.3. The number of amides is 2. The maximum Gasteiger partial charge on any atom is 0.305 e. The summed E-state index contributed by atoms with van der Waals surface area (Å²) in [4.78, 5) is 44.9. The van der Waals surface area contributed by atoms with Crippen LogP contribution in [0.5, 0.6) is 0 Å². The van der Waals surface area contributed by atoms with Crippen LogP contribution in [0.2, 0.25) is 0 Å². The Morgan fingerprint density at radius 2 is 1.20 bits per heavy atom. The van der Waals surface area contributed by atoms with E-state index in [9.17, 15) is 19.5 Å². The highest BCUT2D eigenvalue weighted by Gasteiger charge is 2.39. The highest BCUT2D eigenvalue weighted by atomic mass is 32.1. The Morgan fingerprint density at radius 1 is 0.679 bits per heavy atom. The fourth-order valence-electron chi connectivity index (χ4n) is 7.27. The van der Waals surface area contributed by atoms with Crippen molar-refractivity contribution in [3.63, 3.8) is 0 Å². The zero-order valence-electron chi connectivity index (χ0n) is 31.1. The van der Waals surface area contributed by atoms with Gasteiger partial charge in [0.1, 0.15) is 11.9 Å². The average Bonchev–Trinajstić information content (AvgIpc) is 3.25. The number of carbonyl (C=O) groups excluding carboxylic acids is 2. The smallest absolute Gasteiger partial charge is 0.305 e. The van der Waals surface area contributed by atoms with Gasteiger partial charge in [-0.05, 0) is 64.8 Å². The molecule has 0 fully saturated rings. The van der Waals surface area contributed by atoms with Crippen LogP contribution in [0.3, 0.4) is 0 Å². The van der Waals surface area contributed by atoms with Crippen molar-refractivity contribution in [2.75, 3.05) is 11.9 Å². The van der Waals surface area contributed by atoms with Crippen molar-refractivity contribution in [1.82, 2.24) is 14.6 Å². The summed E-state index contributed by atoms with van der Waals surface area (Å²) in [5.41, 5.74) is 5.04. The molecule has 2 atom stereocenters. The van der Waals surface area contributed by atoms with Crippen molar-refractivity contribution in [2.24, 2.45) is 0 Å². The van der Waals surface area contributed by atoms with E-state index in [1.165, 1.54) is 4.31 Å². The van der Waals surface area contributed by atoms with Gasteiger partial charge < -0.3 is 15.7 Å². The van der Waals surface area contributed by atoms with Gasteiger partial charge in [0.15, 0.2) is 0 Å². The molecule has 2 amide bonds. The quantitative estimate of drug-likeness (QED) is 0.0395. The van der Waals surface area contributed by atoms with Gasteiger partial charge in [0.05, 0.1) is 12.5 Å². The summed E-state index contributed by atoms with van der Waals surface area (Å²) in [5.74, 6) is -1.15. The molecule has 1 unspecified atom stereocenters. The average molecular weight is 763 g/mol. The van der Waals surface area contributed by atoms with E-state index < -0.39 is 29.4 Å². The fraction of sp³-hybridized carbons (Fsp3) is 0.191. The molecule has 284 valence electrons. The number of nitrogens with one attached hydrogen (secondary N) is 2. The van der Waals surface area contributed by atoms with E-state index >= 15 is 0 Å². The van der Waals surface area contributed by atoms with E-state index in [0.717, 1.165) is 27.8 Å². The third kappa shape index (κ3) is 9.91. The molecule has 3 N–H and O–H groups in total. The summed E-state index contributed by atoms with van der Waals surface area (Å²) in [6, 6.07) is 51.6. The SMILES string of the molecule is O=C(O)CC(c1ccc(-c2ccccc2)cc1)N(S)C(=O)[C@H](CCC(c1ccccc1)(c1ccccc1)c1ccccc1)NC(=O)CCCNc1ccccn1. The monoisotopic (exact) mass is 762 g/mol. The number of rotatable bonds is 18. The second-order valence-electron chi connectivity index (χ2n) is 13.7. The Kier molecular flexibility index (Phi) is 13.7. The molecule has 0 radical (unpaired) electrons. The summed E-state index contributed by atoms with van der Waals surface area (Å²) in [7, 11) is 0. The summed E-state index contributed by atoms with van der Waals surface area (Å²) >= 11 is 4.72. The van der Waals surface area contributed by atoms with E-state index in [0.29, 0.717) is 30.8 Å². The van der Waals surface area contributed by atoms with E-state index in [4.69, 9.17) is 12.8 Å². The lowest BCUT2D eigenvalue weighted by atomic mass is 9.66. The molecular formula is C47H46N4O4S. The number of benzene rings is 5. The number of hydrogen-bond acceptors (Lipinski definition) is 6. The van der Waals surface area contributed by atoms with Crippen molar-refractivity contribution in [2.45, 2.75) is 49.6 Å². The number of carboxylic acids is 1. The number of pyridine rings is 1. The lowest BCUT2D eigenvalue weighted by Gasteiger charge is -2.38. The molecule has 0 spiro atoms. The molecule has 9 heteroatoms. The van der Waals surface area contributed by atoms with Crippen LogP contribution in [0.15, 0.2) is 170 Å². The molecule has 0 saturated heterocycles. The van der Waals surface area contributed by atoms with Crippen molar-refractivity contribution in [3.8, 4) is 11.1 Å². The summed E-state index contributed by atoms with van der Waals surface area (Å²) < 4.78 is 1.19. The normalized spacial score (nSPS) is 12.2. The van der Waals surface area contributed by atoms with Gasteiger partial charge in [-0.3, -0.25) is 18.7 Å². The lowest BCUT2D eigenvalue weighted by Crippen LogP contribution is -2.48. The third-order valence-electron chi connectivity index (χ3n) is 10.1. The maximum atomic E-state index is 14.7. The molecule has 0 aliphatic carbocycles. The highest BCUT2D eigenvalue weighted by Crippen LogP contribution is 2.43. The number of hydrogen-bond donors (Lipinski definition) is 4. The zero-order valence-corrected chi connectivity index (χ0v) is 32.0. The molecular weight excluding hydrogens is 717 g/mol. The Balaban J connectivity index is 1.31. The van der Waals surface area contributed by atoms with Gasteiger partial charge in [-0.25, -0.2) is 4.98 Å². The van der Waals surface area contributed by atoms with Crippen molar-refractivity contribution in [3.05, 3.63) is 192 Å². The van der Waals surface area contributed by atoms with Crippen LogP contribution < -0.4 is 10.6 Å². The first-order valence-corrected chi connectivity index (χ1v) is 19.2. The predicted molar refractivity (Wildman–Crippen MR) is 225 cm³/mol. The molecule has 0 aliphatic rings. The van der Waals surface area contributed by atoms with E-state index in [2.05, 4.69) is 52.0 Å². The van der Waals surface area contributed by atoms with Gasteiger partial charge in [-0.1, -0.05) is 164 Å². The molecule has 6 rings (SSSR count). The largest absolute Gasteiger partial charge is 0.481 e. The van der Waals surface area contributed by atoms with Gasteiger partial charge in [-0.15, -0.1) is 0 Å². The van der Waals surface area contributed by atoms with Crippen LogP contribution in [0.4, 0.5) is 5.82 Å². The topological polar surface area (TPSA) is 112 Å². The molecule has 0 bridgehead atoms. The lowest BCUT2D eigenvalue weighted by molar-refractivity contribution is -0.140. The first-order chi connectivity index (χ1) is 27.3. The Labute approximate surface area is 334 Å². The van der Waals surface area contributed by atoms with Crippen LogP contribution in [0.1, 0.15) is 60.4 Å². The standard InChI is InChI=1S/C47H46N4O4S/c52-44(25-15-33-49-43-24-13-14-32-48-43)50-41(46(55)51(56)42(34-45(53)54)37-28-26-36(27-29-37)35-16-5-1-6-17-35)30-31-47(38-18-7-2-8-19-38,39-20-9-3-10-21-39)40-22-11-4-12-23-40/h1-14,16-24,26-29,32,41-42,56H,15,25,30-31,33-34H2,(H,48,49)(H,50,52)(H,53,54)/t41-,42?/m0/s1. The number of aromatic nitrogens is 1. The second-order valence-corrected chi connectivity index (χ2v) is 14.1. The maximum absolute atomic E-state index is 14.7. The molecule has 8 nitrogen and oxygen atoms in total. The number of nitrogens with zero attached hydrogens (tertiary/aromatic N) is 2. The minimum absolute atomic E-state index is 0.164. The van der Waals surface area contributed by atoms with Gasteiger partial charge in [0.2, 0.25) is 5.91 Å². The van der Waals surface area contributed by atoms with Gasteiger partial charge >= 0.3 is 5.97 Å². The number of carboxylic acid groups (broad SMARTS) is 1. The molecule has 56 heavy (non-hydrogen) atoms. The molecule has 1 aromatic heterocycles. The van der Waals surface area contributed by atoms with Crippen LogP contribution in [0.25, 0.3) is 11.1 Å². The number of aliphatic carboxylic acids is 1. The molecule has 5 aromatic carbocycles. The zero-order chi connectivity index (χ0) is 39.2. The van der Waals surface area contributed by atoms with Gasteiger partial charge in [0, 0.05) is 24.6 Å². The van der Waals surface area contributed by atoms with Crippen molar-refractivity contribution >= 4 is 36.4 Å². The molecule has 0 saturated carbocycles. The summed E-state index contributed by atoms with van der Waals surface area (Å²) in [6.45, 7) is 0.514. The first-order valence-electron chi connectivity index (χ1n) is 18.8. The van der Waals surface area contributed by atoms with Gasteiger partial charge in [0.25, 0.3) is 5.91 Å². The minimum Gasteiger partial charge on any atom is -0.481 e. The van der Waals surface area contributed by atoms with Crippen LogP contribution >= 0.6 is 12.8 Å². The number of thiol groups is 1. The Bertz CT molecular complexity index is 2040. The number of carbonyl (C=O) groups is 3. The fourth-order valence-corrected chi connectivity index (χ4v) is 7.63. The van der Waals surface area contributed by atoms with E-state index in [1.54, 1.807) is 6.20 Å². The third-order valence-corrected chi connectivity index (χ3v) is 10.6. The first kappa shape index (κ1) is 39.5. The van der Waals surface area contributed by atoms with E-state index in [-0.39, 0.29) is 25.2 Å². The summed E-state index contributed by atoms with van der Waals surface area (Å²) in [6.07, 6.45) is 2.67. The molecule has 6 aromatic rings. The van der Waals surface area contributed by atoms with E-state index in [1.807, 2.05) is 127 Å². The van der Waals surface area contributed by atoms with Gasteiger partial charge in [-0.2, -0.15) is 0 Å². The molecule has 0 aliphatic heterocycles. The molecule has 1 heterocycles. The Morgan fingerprint density at radius 3 is 1.71 bits per heavy atom. The van der Waals surface area contributed by atoms with Crippen LogP contribution in [-0.2, 0) is 19.8 Å².